The Morgan fingerprint density at radius 1 is 1.41 bits per heavy atom. The first-order valence-corrected chi connectivity index (χ1v) is 10.3. The zero-order chi connectivity index (χ0) is 20.8. The molecule has 0 radical (unpaired) electrons. The van der Waals surface area contributed by atoms with E-state index in [4.69, 9.17) is 11.6 Å². The number of nitrogens with zero attached hydrogens (tertiary/aromatic N) is 5. The van der Waals surface area contributed by atoms with Crippen molar-refractivity contribution in [1.29, 1.82) is 5.26 Å². The SMILES string of the molecule is CSc1c(F)nn(C)c1-n1cc(-c2ccc(Cl)c(C(=O)NC3(C#N)CC3)c2)cn1. The van der Waals surface area contributed by atoms with E-state index in [1.165, 1.54) is 16.4 Å². The van der Waals surface area contributed by atoms with Gasteiger partial charge in [-0.2, -0.15) is 14.8 Å². The van der Waals surface area contributed by atoms with Gasteiger partial charge in [-0.05, 0) is 36.8 Å². The molecular formula is C19H16ClFN6OS. The molecule has 0 atom stereocenters. The molecular weight excluding hydrogens is 415 g/mol. The Balaban J connectivity index is 1.67. The molecule has 1 fully saturated rings. The number of carbonyl (C=O) groups excluding carboxylic acids is 1. The van der Waals surface area contributed by atoms with Crippen LogP contribution in [-0.2, 0) is 7.05 Å². The van der Waals surface area contributed by atoms with Gasteiger partial charge in [-0.1, -0.05) is 17.7 Å². The molecule has 3 aromatic rings. The molecule has 7 nitrogen and oxygen atoms in total. The molecule has 1 N–H and O–H groups in total. The Labute approximate surface area is 175 Å². The topological polar surface area (TPSA) is 88.5 Å². The molecule has 0 aliphatic heterocycles. The molecule has 29 heavy (non-hydrogen) atoms. The van der Waals surface area contributed by atoms with E-state index >= 15 is 0 Å². The van der Waals surface area contributed by atoms with Crippen LogP contribution < -0.4 is 5.32 Å². The van der Waals surface area contributed by atoms with Gasteiger partial charge in [0.25, 0.3) is 5.91 Å². The van der Waals surface area contributed by atoms with Crippen LogP contribution in [0.25, 0.3) is 16.9 Å². The van der Waals surface area contributed by atoms with Crippen molar-refractivity contribution in [2.45, 2.75) is 23.3 Å². The van der Waals surface area contributed by atoms with Crippen molar-refractivity contribution < 1.29 is 9.18 Å². The molecule has 1 saturated carbocycles. The third kappa shape index (κ3) is 3.50. The average molecular weight is 431 g/mol. The Hall–Kier alpha value is -2.83. The summed E-state index contributed by atoms with van der Waals surface area (Å²) in [5.74, 6) is -0.427. The Morgan fingerprint density at radius 3 is 2.83 bits per heavy atom. The predicted octanol–water partition coefficient (Wildman–Crippen LogP) is 3.57. The summed E-state index contributed by atoms with van der Waals surface area (Å²) in [6, 6.07) is 7.19. The van der Waals surface area contributed by atoms with Gasteiger partial charge in [-0.15, -0.1) is 16.9 Å². The first-order chi connectivity index (χ1) is 13.9. The molecule has 1 aliphatic carbocycles. The van der Waals surface area contributed by atoms with Crippen molar-refractivity contribution in [3.8, 4) is 23.0 Å². The van der Waals surface area contributed by atoms with Crippen molar-refractivity contribution in [2.24, 2.45) is 7.05 Å². The summed E-state index contributed by atoms with van der Waals surface area (Å²) < 4.78 is 16.9. The second kappa shape index (κ2) is 7.21. The van der Waals surface area contributed by atoms with E-state index in [1.54, 1.807) is 48.6 Å². The summed E-state index contributed by atoms with van der Waals surface area (Å²) in [6.07, 6.45) is 6.40. The molecule has 0 unspecified atom stereocenters. The molecule has 2 aromatic heterocycles. The average Bonchev–Trinajstić information content (AvgIpc) is 3.18. The number of benzene rings is 1. The quantitative estimate of drug-likeness (QED) is 0.625. The van der Waals surface area contributed by atoms with Gasteiger partial charge in [0, 0.05) is 18.8 Å². The van der Waals surface area contributed by atoms with Gasteiger partial charge in [0.05, 0.1) is 22.9 Å². The van der Waals surface area contributed by atoms with E-state index in [1.807, 2.05) is 0 Å². The second-order valence-electron chi connectivity index (χ2n) is 6.79. The van der Waals surface area contributed by atoms with Gasteiger partial charge in [0.15, 0.2) is 5.82 Å². The van der Waals surface area contributed by atoms with Crippen molar-refractivity contribution >= 4 is 29.3 Å². The van der Waals surface area contributed by atoms with E-state index in [-0.39, 0.29) is 11.5 Å². The number of amides is 1. The van der Waals surface area contributed by atoms with Crippen LogP contribution in [0.15, 0.2) is 35.5 Å². The number of hydrogen-bond donors (Lipinski definition) is 1. The fraction of sp³-hybridized carbons (Fsp3) is 0.263. The molecule has 1 aromatic carbocycles. The molecule has 1 aliphatic rings. The van der Waals surface area contributed by atoms with Crippen LogP contribution in [0.2, 0.25) is 5.02 Å². The fourth-order valence-electron chi connectivity index (χ4n) is 3.03. The minimum absolute atomic E-state index is 0.287. The minimum Gasteiger partial charge on any atom is -0.334 e. The Morgan fingerprint density at radius 2 is 2.17 bits per heavy atom. The number of rotatable bonds is 5. The number of thioether (sulfide) groups is 1. The zero-order valence-electron chi connectivity index (χ0n) is 15.6. The van der Waals surface area contributed by atoms with Crippen molar-refractivity contribution in [3.05, 3.63) is 47.1 Å². The second-order valence-corrected chi connectivity index (χ2v) is 8.01. The van der Waals surface area contributed by atoms with Gasteiger partial charge >= 0.3 is 0 Å². The first-order valence-electron chi connectivity index (χ1n) is 8.72. The van der Waals surface area contributed by atoms with Crippen LogP contribution in [0.5, 0.6) is 0 Å². The number of aryl methyl sites for hydroxylation is 1. The highest BCUT2D eigenvalue weighted by atomic mass is 35.5. The number of carbonyl (C=O) groups is 1. The summed E-state index contributed by atoms with van der Waals surface area (Å²) in [6.45, 7) is 0. The maximum absolute atomic E-state index is 14.0. The summed E-state index contributed by atoms with van der Waals surface area (Å²) in [5, 5.41) is 20.4. The van der Waals surface area contributed by atoms with Crippen LogP contribution in [0.3, 0.4) is 0 Å². The third-order valence-electron chi connectivity index (χ3n) is 4.80. The molecule has 0 saturated heterocycles. The summed E-state index contributed by atoms with van der Waals surface area (Å²) >= 11 is 7.46. The van der Waals surface area contributed by atoms with E-state index < -0.39 is 11.5 Å². The van der Waals surface area contributed by atoms with Crippen LogP contribution in [0.4, 0.5) is 4.39 Å². The van der Waals surface area contributed by atoms with Crippen molar-refractivity contribution in [3.63, 3.8) is 0 Å². The van der Waals surface area contributed by atoms with Crippen LogP contribution in [0, 0.1) is 17.3 Å². The number of aromatic nitrogens is 4. The van der Waals surface area contributed by atoms with Gasteiger partial charge in [-0.3, -0.25) is 4.79 Å². The fourth-order valence-corrected chi connectivity index (χ4v) is 3.85. The lowest BCUT2D eigenvalue weighted by atomic mass is 10.1. The highest BCUT2D eigenvalue weighted by Gasteiger charge is 2.45. The molecule has 0 bridgehead atoms. The molecule has 1 amide bonds. The smallest absolute Gasteiger partial charge is 0.254 e. The number of hydrogen-bond acceptors (Lipinski definition) is 5. The number of halogens is 2. The Kier molecular flexibility index (Phi) is 4.84. The first kappa shape index (κ1) is 19.5. The number of nitrogens with one attached hydrogen (secondary N) is 1. The lowest BCUT2D eigenvalue weighted by Crippen LogP contribution is -2.35. The van der Waals surface area contributed by atoms with E-state index in [2.05, 4.69) is 21.6 Å². The van der Waals surface area contributed by atoms with Crippen LogP contribution in [-0.4, -0.2) is 37.3 Å². The van der Waals surface area contributed by atoms with Crippen molar-refractivity contribution in [2.75, 3.05) is 6.26 Å². The lowest BCUT2D eigenvalue weighted by molar-refractivity contribution is 0.0942. The highest BCUT2D eigenvalue weighted by Crippen LogP contribution is 2.35. The highest BCUT2D eigenvalue weighted by molar-refractivity contribution is 7.98. The largest absolute Gasteiger partial charge is 0.334 e. The summed E-state index contributed by atoms with van der Waals surface area (Å²) in [7, 11) is 1.65. The summed E-state index contributed by atoms with van der Waals surface area (Å²) in [5.41, 5.74) is 0.959. The van der Waals surface area contributed by atoms with E-state index in [9.17, 15) is 14.4 Å². The molecule has 2 heterocycles. The van der Waals surface area contributed by atoms with Crippen LogP contribution >= 0.6 is 23.4 Å². The number of nitriles is 1. The minimum atomic E-state index is -0.779. The van der Waals surface area contributed by atoms with Gasteiger partial charge in [-0.25, -0.2) is 9.36 Å². The predicted molar refractivity (Wildman–Crippen MR) is 108 cm³/mol. The van der Waals surface area contributed by atoms with Crippen LogP contribution in [0.1, 0.15) is 23.2 Å². The lowest BCUT2D eigenvalue weighted by Gasteiger charge is -2.11. The maximum atomic E-state index is 14.0. The van der Waals surface area contributed by atoms with E-state index in [0.29, 0.717) is 28.6 Å². The summed E-state index contributed by atoms with van der Waals surface area (Å²) in [4.78, 5) is 13.0. The van der Waals surface area contributed by atoms with Gasteiger partial charge < -0.3 is 5.32 Å². The monoisotopic (exact) mass is 430 g/mol. The van der Waals surface area contributed by atoms with Crippen molar-refractivity contribution in [1.82, 2.24) is 24.9 Å². The standard InChI is InChI=1S/C19H16ClFN6OS/c1-26-18(15(29-2)16(21)25-26)27-9-12(8-23-27)11-3-4-14(20)13(7-11)17(28)24-19(10-22)5-6-19/h3-4,7-9H,5-6H2,1-2H3,(H,24,28). The maximum Gasteiger partial charge on any atom is 0.254 e. The normalized spacial score (nSPS) is 14.4. The molecule has 0 spiro atoms. The molecule has 148 valence electrons. The Bertz CT molecular complexity index is 1160. The van der Waals surface area contributed by atoms with Gasteiger partial charge in [0.2, 0.25) is 5.95 Å². The zero-order valence-corrected chi connectivity index (χ0v) is 17.2. The van der Waals surface area contributed by atoms with E-state index in [0.717, 1.165) is 11.1 Å². The molecule has 4 rings (SSSR count). The third-order valence-corrected chi connectivity index (χ3v) is 5.89. The molecule has 10 heteroatoms. The van der Waals surface area contributed by atoms with Gasteiger partial charge in [0.1, 0.15) is 10.4 Å².